The highest BCUT2D eigenvalue weighted by molar-refractivity contribution is 5.81. The van der Waals surface area contributed by atoms with Gasteiger partial charge in [0.15, 0.2) is 0 Å². The molecule has 0 radical (unpaired) electrons. The third-order valence-corrected chi connectivity index (χ3v) is 4.92. The highest BCUT2D eigenvalue weighted by atomic mass is 19.4. The largest absolute Gasteiger partial charge is 0.444 e. The Labute approximate surface area is 147 Å². The van der Waals surface area contributed by atoms with E-state index in [4.69, 9.17) is 4.74 Å². The van der Waals surface area contributed by atoms with Crippen molar-refractivity contribution in [2.75, 3.05) is 0 Å². The van der Waals surface area contributed by atoms with Crippen LogP contribution in [0.25, 0.3) is 0 Å². The number of hydrogen-bond donors (Lipinski definition) is 0. The van der Waals surface area contributed by atoms with E-state index in [0.717, 1.165) is 19.3 Å². The van der Waals surface area contributed by atoms with Crippen LogP contribution in [0, 0.1) is 5.92 Å². The van der Waals surface area contributed by atoms with Gasteiger partial charge in [-0.1, -0.05) is 0 Å². The average Bonchev–Trinajstić information content (AvgIpc) is 2.42. The smallest absolute Gasteiger partial charge is 0.410 e. The Morgan fingerprint density at radius 1 is 1.08 bits per heavy atom. The van der Waals surface area contributed by atoms with Gasteiger partial charge in [0.2, 0.25) is 0 Å². The zero-order valence-electron chi connectivity index (χ0n) is 15.2. The minimum Gasteiger partial charge on any atom is -0.444 e. The first-order valence-corrected chi connectivity index (χ1v) is 9.07. The number of ketones is 1. The third-order valence-electron chi connectivity index (χ3n) is 4.92. The number of rotatable bonds is 4. The molecule has 0 N–H and O–H groups in total. The molecule has 2 saturated heterocycles. The standard InChI is InChI=1S/C18H28F3NO3/c1-17(2,3)25-16(24)22-13-6-4-7-14(22)11-12(10-13)15(23)8-5-9-18(19,20)21/h12-14H,4-11H2,1-3H3. The molecule has 144 valence electrons. The van der Waals surface area contributed by atoms with Crippen molar-refractivity contribution in [1.29, 1.82) is 0 Å². The first kappa shape index (κ1) is 20.0. The van der Waals surface area contributed by atoms with Gasteiger partial charge in [-0.05, 0) is 59.3 Å². The van der Waals surface area contributed by atoms with Gasteiger partial charge in [-0.15, -0.1) is 0 Å². The lowest BCUT2D eigenvalue weighted by atomic mass is 9.76. The van der Waals surface area contributed by atoms with Crippen LogP contribution in [0.15, 0.2) is 0 Å². The zero-order chi connectivity index (χ0) is 18.8. The summed E-state index contributed by atoms with van der Waals surface area (Å²) in [6, 6.07) is -0.0853. The van der Waals surface area contributed by atoms with Crippen molar-refractivity contribution in [2.45, 2.75) is 96.0 Å². The molecule has 2 unspecified atom stereocenters. The maximum absolute atomic E-state index is 12.5. The van der Waals surface area contributed by atoms with Crippen LogP contribution in [0.2, 0.25) is 0 Å². The fourth-order valence-electron chi connectivity index (χ4n) is 3.92. The summed E-state index contributed by atoms with van der Waals surface area (Å²) in [6.45, 7) is 5.45. The predicted octanol–water partition coefficient (Wildman–Crippen LogP) is 4.86. The molecule has 1 amide bonds. The van der Waals surface area contributed by atoms with E-state index in [9.17, 15) is 22.8 Å². The molecule has 2 heterocycles. The lowest BCUT2D eigenvalue weighted by Gasteiger charge is -2.48. The Morgan fingerprint density at radius 3 is 2.12 bits per heavy atom. The summed E-state index contributed by atoms with van der Waals surface area (Å²) in [5, 5.41) is 0. The van der Waals surface area contributed by atoms with Gasteiger partial charge in [-0.2, -0.15) is 13.2 Å². The van der Waals surface area contributed by atoms with E-state index in [0.29, 0.717) is 12.8 Å². The number of Topliss-reactive ketones (excluding diaryl/α,β-unsaturated/α-hetero) is 1. The second-order valence-electron chi connectivity index (χ2n) is 8.23. The molecule has 0 saturated carbocycles. The monoisotopic (exact) mass is 363 g/mol. The number of piperidine rings is 2. The first-order valence-electron chi connectivity index (χ1n) is 9.07. The summed E-state index contributed by atoms with van der Waals surface area (Å²) >= 11 is 0. The summed E-state index contributed by atoms with van der Waals surface area (Å²) < 4.78 is 42.2. The summed E-state index contributed by atoms with van der Waals surface area (Å²) in [5.41, 5.74) is -0.574. The lowest BCUT2D eigenvalue weighted by molar-refractivity contribution is -0.138. The van der Waals surface area contributed by atoms with Crippen LogP contribution in [0.5, 0.6) is 0 Å². The van der Waals surface area contributed by atoms with Crippen molar-refractivity contribution in [2.24, 2.45) is 5.92 Å². The van der Waals surface area contributed by atoms with E-state index in [2.05, 4.69) is 0 Å². The number of ether oxygens (including phenoxy) is 1. The highest BCUT2D eigenvalue weighted by Gasteiger charge is 2.44. The van der Waals surface area contributed by atoms with Gasteiger partial charge in [0, 0.05) is 30.8 Å². The van der Waals surface area contributed by atoms with Gasteiger partial charge < -0.3 is 9.64 Å². The average molecular weight is 363 g/mol. The topological polar surface area (TPSA) is 46.6 Å². The van der Waals surface area contributed by atoms with Crippen molar-refractivity contribution >= 4 is 11.9 Å². The van der Waals surface area contributed by atoms with Crippen LogP contribution < -0.4 is 0 Å². The van der Waals surface area contributed by atoms with Gasteiger partial charge in [-0.25, -0.2) is 4.79 Å². The van der Waals surface area contributed by atoms with Crippen LogP contribution >= 0.6 is 0 Å². The molecule has 0 aliphatic carbocycles. The number of carbonyl (C=O) groups is 2. The second kappa shape index (κ2) is 7.54. The summed E-state index contributed by atoms with van der Waals surface area (Å²) in [6.07, 6.45) is -1.92. The van der Waals surface area contributed by atoms with Crippen LogP contribution in [-0.4, -0.2) is 40.6 Å². The Morgan fingerprint density at radius 2 is 1.64 bits per heavy atom. The number of nitrogens with zero attached hydrogens (tertiary/aromatic N) is 1. The zero-order valence-corrected chi connectivity index (χ0v) is 15.2. The first-order chi connectivity index (χ1) is 11.5. The van der Waals surface area contributed by atoms with Crippen molar-refractivity contribution in [1.82, 2.24) is 4.90 Å². The molecule has 4 nitrogen and oxygen atoms in total. The summed E-state index contributed by atoms with van der Waals surface area (Å²) in [4.78, 5) is 26.6. The molecule has 2 rings (SSSR count). The fraction of sp³-hybridized carbons (Fsp3) is 0.889. The molecule has 2 atom stereocenters. The van der Waals surface area contributed by atoms with E-state index < -0.39 is 18.2 Å². The van der Waals surface area contributed by atoms with Crippen molar-refractivity contribution in [3.05, 3.63) is 0 Å². The van der Waals surface area contributed by atoms with E-state index in [-0.39, 0.29) is 42.7 Å². The molecule has 0 aromatic rings. The predicted molar refractivity (Wildman–Crippen MR) is 87.1 cm³/mol. The molecule has 2 fully saturated rings. The molecule has 7 heteroatoms. The van der Waals surface area contributed by atoms with Crippen LogP contribution in [0.4, 0.5) is 18.0 Å². The second-order valence-corrected chi connectivity index (χ2v) is 8.23. The van der Waals surface area contributed by atoms with E-state index in [1.165, 1.54) is 0 Å². The summed E-state index contributed by atoms with van der Waals surface area (Å²) in [5.74, 6) is -0.327. The number of fused-ring (bicyclic) bond motifs is 2. The van der Waals surface area contributed by atoms with Gasteiger partial charge in [0.1, 0.15) is 11.4 Å². The number of alkyl halides is 3. The molecule has 25 heavy (non-hydrogen) atoms. The molecular weight excluding hydrogens is 335 g/mol. The van der Waals surface area contributed by atoms with Gasteiger partial charge in [-0.3, -0.25) is 4.79 Å². The third kappa shape index (κ3) is 5.89. The molecule has 0 spiro atoms. The maximum Gasteiger partial charge on any atom is 0.410 e. The molecule has 2 aliphatic heterocycles. The molecule has 0 aromatic heterocycles. The quantitative estimate of drug-likeness (QED) is 0.717. The SMILES string of the molecule is CC(C)(C)OC(=O)N1C2CCCC1CC(C(=O)CCCC(F)(F)F)C2. The lowest BCUT2D eigenvalue weighted by Crippen LogP contribution is -2.56. The van der Waals surface area contributed by atoms with Crippen molar-refractivity contribution in [3.63, 3.8) is 0 Å². The van der Waals surface area contributed by atoms with E-state index in [1.54, 1.807) is 4.90 Å². The van der Waals surface area contributed by atoms with Crippen LogP contribution in [-0.2, 0) is 9.53 Å². The number of hydrogen-bond acceptors (Lipinski definition) is 3. The Balaban J connectivity index is 1.94. The Bertz CT molecular complexity index is 485. The van der Waals surface area contributed by atoms with E-state index in [1.807, 2.05) is 20.8 Å². The Hall–Kier alpha value is -1.27. The van der Waals surface area contributed by atoms with Crippen LogP contribution in [0.3, 0.4) is 0 Å². The Kier molecular flexibility index (Phi) is 6.05. The number of amides is 1. The van der Waals surface area contributed by atoms with Gasteiger partial charge in [0.05, 0.1) is 0 Å². The normalized spacial score (nSPS) is 27.1. The number of halogens is 3. The highest BCUT2D eigenvalue weighted by Crippen LogP contribution is 2.39. The van der Waals surface area contributed by atoms with Crippen molar-refractivity contribution < 1.29 is 27.5 Å². The fourth-order valence-corrected chi connectivity index (χ4v) is 3.92. The minimum absolute atomic E-state index is 0.0317. The maximum atomic E-state index is 12.5. The van der Waals surface area contributed by atoms with Crippen molar-refractivity contribution in [3.8, 4) is 0 Å². The molecule has 0 aromatic carbocycles. The molecular formula is C18H28F3NO3. The van der Waals surface area contributed by atoms with Crippen LogP contribution in [0.1, 0.15) is 72.1 Å². The molecule has 2 bridgehead atoms. The number of carbonyl (C=O) groups excluding carboxylic acids is 2. The van der Waals surface area contributed by atoms with Gasteiger partial charge in [0.25, 0.3) is 0 Å². The molecule has 2 aliphatic rings. The summed E-state index contributed by atoms with van der Waals surface area (Å²) in [7, 11) is 0. The minimum atomic E-state index is -4.21. The van der Waals surface area contributed by atoms with E-state index >= 15 is 0 Å². The van der Waals surface area contributed by atoms with Gasteiger partial charge >= 0.3 is 12.3 Å².